The molecule has 12 rings (SSSR count). The minimum absolute atomic E-state index is 0.401. The Hall–Kier alpha value is -6.18. The van der Waals surface area contributed by atoms with Crippen LogP contribution in [-0.4, -0.2) is 0 Å². The Bertz CT molecular complexity index is 2550. The molecule has 4 aliphatic carbocycles. The van der Waals surface area contributed by atoms with Crippen LogP contribution >= 0.6 is 0 Å². The Morgan fingerprint density at radius 2 is 0.825 bits per heavy atom. The first-order chi connectivity index (χ1) is 28.2. The monoisotopic (exact) mass is 733 g/mol. The maximum absolute atomic E-state index is 2.49. The molecule has 0 spiro atoms. The molecule has 0 radical (unpaired) electrons. The normalized spacial score (nSPS) is 20.8. The highest BCUT2D eigenvalue weighted by Crippen LogP contribution is 2.61. The molecule has 4 aliphatic rings. The average molecular weight is 734 g/mol. The summed E-state index contributed by atoms with van der Waals surface area (Å²) in [5.74, 6) is 2.83. The third kappa shape index (κ3) is 6.27. The van der Waals surface area contributed by atoms with Crippen LogP contribution in [0.5, 0.6) is 0 Å². The zero-order chi connectivity index (χ0) is 37.8. The molecule has 0 N–H and O–H groups in total. The number of benzene rings is 8. The van der Waals surface area contributed by atoms with Gasteiger partial charge in [0, 0.05) is 16.9 Å². The van der Waals surface area contributed by atoms with Gasteiger partial charge in [-0.15, -0.1) is 0 Å². The van der Waals surface area contributed by atoms with Crippen molar-refractivity contribution in [2.75, 3.05) is 4.90 Å². The third-order valence-corrected chi connectivity index (χ3v) is 13.7. The van der Waals surface area contributed by atoms with Crippen molar-refractivity contribution >= 4 is 27.8 Å². The summed E-state index contributed by atoms with van der Waals surface area (Å²) < 4.78 is 0. The van der Waals surface area contributed by atoms with Gasteiger partial charge in [0.15, 0.2) is 0 Å². The van der Waals surface area contributed by atoms with Crippen molar-refractivity contribution in [3.63, 3.8) is 0 Å². The Labute approximate surface area is 337 Å². The van der Waals surface area contributed by atoms with Crippen LogP contribution in [0.2, 0.25) is 0 Å². The van der Waals surface area contributed by atoms with Crippen LogP contribution in [0.25, 0.3) is 55.3 Å². The first kappa shape index (κ1) is 34.1. The van der Waals surface area contributed by atoms with E-state index in [4.69, 9.17) is 0 Å². The van der Waals surface area contributed by atoms with Crippen molar-refractivity contribution in [1.29, 1.82) is 0 Å². The van der Waals surface area contributed by atoms with Crippen LogP contribution in [0.15, 0.2) is 194 Å². The number of anilines is 3. The fourth-order valence-electron chi connectivity index (χ4n) is 11.4. The van der Waals surface area contributed by atoms with Gasteiger partial charge in [-0.25, -0.2) is 0 Å². The van der Waals surface area contributed by atoms with E-state index in [-0.39, 0.29) is 0 Å². The van der Waals surface area contributed by atoms with Crippen molar-refractivity contribution < 1.29 is 0 Å². The van der Waals surface area contributed by atoms with E-state index < -0.39 is 0 Å². The molecular formula is C56H47N. The van der Waals surface area contributed by atoms with Gasteiger partial charge in [-0.2, -0.15) is 0 Å². The number of nitrogens with zero attached hydrogens (tertiary/aromatic N) is 1. The fraction of sp³-hybridized carbons (Fsp3) is 0.179. The highest BCUT2D eigenvalue weighted by atomic mass is 15.1. The smallest absolute Gasteiger partial charge is 0.0540 e. The lowest BCUT2D eigenvalue weighted by Gasteiger charge is -2.57. The molecule has 4 bridgehead atoms. The molecule has 0 aliphatic heterocycles. The molecule has 1 nitrogen and oxygen atoms in total. The highest BCUT2D eigenvalue weighted by molar-refractivity contribution is 6.02. The predicted octanol–water partition coefficient (Wildman–Crippen LogP) is 15.4. The van der Waals surface area contributed by atoms with Crippen LogP contribution in [0, 0.1) is 17.8 Å². The number of fused-ring (bicyclic) bond motifs is 1. The van der Waals surface area contributed by atoms with Gasteiger partial charge in [0.2, 0.25) is 0 Å². The van der Waals surface area contributed by atoms with E-state index >= 15 is 0 Å². The molecule has 0 amide bonds. The second kappa shape index (κ2) is 14.1. The molecule has 57 heavy (non-hydrogen) atoms. The van der Waals surface area contributed by atoms with E-state index in [0.29, 0.717) is 5.41 Å². The molecule has 8 aromatic rings. The molecule has 0 saturated heterocycles. The summed E-state index contributed by atoms with van der Waals surface area (Å²) >= 11 is 0. The Balaban J connectivity index is 1.05. The minimum Gasteiger partial charge on any atom is -0.310 e. The first-order valence-corrected chi connectivity index (χ1v) is 21.0. The van der Waals surface area contributed by atoms with Crippen molar-refractivity contribution in [2.45, 2.75) is 43.9 Å². The van der Waals surface area contributed by atoms with Gasteiger partial charge in [-0.05, 0) is 153 Å². The Morgan fingerprint density at radius 1 is 0.368 bits per heavy atom. The lowest BCUT2D eigenvalue weighted by Crippen LogP contribution is -2.48. The van der Waals surface area contributed by atoms with Crippen LogP contribution in [0.1, 0.15) is 44.1 Å². The maximum atomic E-state index is 2.49. The summed E-state index contributed by atoms with van der Waals surface area (Å²) in [5.41, 5.74) is 15.2. The summed E-state index contributed by atoms with van der Waals surface area (Å²) in [6, 6.07) is 72.0. The largest absolute Gasteiger partial charge is 0.310 e. The lowest BCUT2D eigenvalue weighted by atomic mass is 9.48. The molecule has 8 aromatic carbocycles. The highest BCUT2D eigenvalue weighted by Gasteiger charge is 2.51. The second-order valence-corrected chi connectivity index (χ2v) is 17.2. The summed E-state index contributed by atoms with van der Waals surface area (Å²) in [4.78, 5) is 2.45. The van der Waals surface area contributed by atoms with Gasteiger partial charge in [-0.1, -0.05) is 158 Å². The summed E-state index contributed by atoms with van der Waals surface area (Å²) in [6.07, 6.45) is 8.62. The maximum Gasteiger partial charge on any atom is 0.0540 e. The molecule has 276 valence electrons. The molecule has 4 fully saturated rings. The lowest BCUT2D eigenvalue weighted by molar-refractivity contribution is -0.00518. The first-order valence-electron chi connectivity index (χ1n) is 21.0. The number of hydrogen-bond acceptors (Lipinski definition) is 1. The Kier molecular flexibility index (Phi) is 8.43. The Morgan fingerprint density at radius 3 is 1.40 bits per heavy atom. The van der Waals surface area contributed by atoms with Crippen molar-refractivity contribution in [1.82, 2.24) is 0 Å². The van der Waals surface area contributed by atoms with Crippen LogP contribution in [0.3, 0.4) is 0 Å². The van der Waals surface area contributed by atoms with Crippen molar-refractivity contribution in [3.8, 4) is 44.5 Å². The predicted molar refractivity (Wildman–Crippen MR) is 240 cm³/mol. The summed E-state index contributed by atoms with van der Waals surface area (Å²) in [7, 11) is 0. The van der Waals surface area contributed by atoms with E-state index in [0.717, 1.165) is 34.8 Å². The average Bonchev–Trinajstić information content (AvgIpc) is 3.27. The van der Waals surface area contributed by atoms with E-state index in [2.05, 4.69) is 199 Å². The van der Waals surface area contributed by atoms with Crippen LogP contribution in [0.4, 0.5) is 17.1 Å². The summed E-state index contributed by atoms with van der Waals surface area (Å²) in [5, 5.41) is 2.51. The number of hydrogen-bond donors (Lipinski definition) is 0. The molecule has 0 atom stereocenters. The van der Waals surface area contributed by atoms with E-state index in [1.165, 1.54) is 93.8 Å². The fourth-order valence-corrected chi connectivity index (χ4v) is 11.4. The van der Waals surface area contributed by atoms with Gasteiger partial charge in [0.05, 0.1) is 5.69 Å². The molecule has 0 heterocycles. The van der Waals surface area contributed by atoms with Gasteiger partial charge in [-0.3, -0.25) is 0 Å². The van der Waals surface area contributed by atoms with Crippen molar-refractivity contribution in [3.05, 3.63) is 200 Å². The van der Waals surface area contributed by atoms with Gasteiger partial charge in [0.1, 0.15) is 0 Å². The minimum atomic E-state index is 0.401. The molecule has 4 saturated carbocycles. The second-order valence-electron chi connectivity index (χ2n) is 17.2. The zero-order valence-electron chi connectivity index (χ0n) is 32.4. The van der Waals surface area contributed by atoms with Crippen LogP contribution < -0.4 is 4.90 Å². The SMILES string of the molecule is c1ccc(-c2ccc(N(c3ccc(-c4ccccc4)cc3)c3ccc(-c4ccc(C56CC7CC(CC(C7)C5)C6)cc4)cc3-c3cccc4ccccc34)cc2)cc1. The van der Waals surface area contributed by atoms with E-state index in [1.54, 1.807) is 5.56 Å². The number of rotatable bonds is 8. The molecular weight excluding hydrogens is 687 g/mol. The van der Waals surface area contributed by atoms with E-state index in [9.17, 15) is 0 Å². The molecule has 0 aromatic heterocycles. The van der Waals surface area contributed by atoms with Gasteiger partial charge in [0.25, 0.3) is 0 Å². The molecule has 0 unspecified atom stereocenters. The topological polar surface area (TPSA) is 3.24 Å². The zero-order valence-corrected chi connectivity index (χ0v) is 32.4. The van der Waals surface area contributed by atoms with Gasteiger partial charge >= 0.3 is 0 Å². The van der Waals surface area contributed by atoms with E-state index in [1.807, 2.05) is 0 Å². The van der Waals surface area contributed by atoms with Crippen LogP contribution in [-0.2, 0) is 5.41 Å². The molecule has 1 heteroatoms. The van der Waals surface area contributed by atoms with Crippen molar-refractivity contribution in [2.24, 2.45) is 17.8 Å². The standard InChI is InChI=1S/C56H47N/c1-3-10-42(11-4-1)44-20-27-50(28-21-44)57(51-29-22-45(23-30-51)43-12-5-2-6-13-43)55-31-24-48(35-54(55)53-17-9-15-47-14-7-8-16-52(47)53)46-18-25-49(26-19-46)56-36-39-32-40(37-56)34-41(33-39)38-56/h1-31,35,39-41H,32-34,36-38H2. The van der Waals surface area contributed by atoms with Gasteiger partial charge < -0.3 is 4.90 Å². The third-order valence-electron chi connectivity index (χ3n) is 13.7. The summed E-state index contributed by atoms with van der Waals surface area (Å²) in [6.45, 7) is 0. The quantitative estimate of drug-likeness (QED) is 0.150.